The molecule has 0 spiro atoms. The van der Waals surface area contributed by atoms with Crippen LogP contribution in [0, 0.1) is 0 Å². The Bertz CT molecular complexity index is 181. The summed E-state index contributed by atoms with van der Waals surface area (Å²) in [6.07, 6.45) is 0. The summed E-state index contributed by atoms with van der Waals surface area (Å²) in [5.41, 5.74) is 0.580. The van der Waals surface area contributed by atoms with E-state index in [1.807, 2.05) is 19.2 Å². The maximum absolute atomic E-state index is 10.3. The zero-order valence-corrected chi connectivity index (χ0v) is 7.50. The topological polar surface area (TPSA) is 17.1 Å². The molecule has 1 nitrogen and oxygen atoms in total. The highest BCUT2D eigenvalue weighted by atomic mass is 35.5. The van der Waals surface area contributed by atoms with Crippen LogP contribution < -0.4 is 0 Å². The van der Waals surface area contributed by atoms with Crippen molar-refractivity contribution in [3.05, 3.63) is 22.4 Å². The predicted octanol–water partition coefficient (Wildman–Crippen LogP) is 3.15. The molecule has 0 bridgehead atoms. The summed E-state index contributed by atoms with van der Waals surface area (Å²) in [6.45, 7) is 4.00. The van der Waals surface area contributed by atoms with Crippen molar-refractivity contribution in [1.29, 1.82) is 0 Å². The van der Waals surface area contributed by atoms with Crippen molar-refractivity contribution in [2.24, 2.45) is 0 Å². The molecule has 3 heteroatoms. The molecule has 0 saturated carbocycles. The fourth-order valence-electron chi connectivity index (χ4n) is 0.376. The third-order valence-electron chi connectivity index (χ3n) is 0.748. The summed E-state index contributed by atoms with van der Waals surface area (Å²) >= 11 is 6.57. The summed E-state index contributed by atoms with van der Waals surface area (Å²) in [4.78, 5) is 10.3. The molecule has 0 amide bonds. The van der Waals surface area contributed by atoms with Crippen LogP contribution in [0.4, 0.5) is 0 Å². The van der Waals surface area contributed by atoms with Crippen molar-refractivity contribution in [1.82, 2.24) is 0 Å². The first kappa shape index (κ1) is 9.66. The van der Waals surface area contributed by atoms with Gasteiger partial charge in [0.1, 0.15) is 0 Å². The molecule has 56 valence electrons. The number of carbonyl (C=O) groups excluding carboxylic acids is 1. The zero-order chi connectivity index (χ0) is 7.98. The quantitative estimate of drug-likeness (QED) is 0.601. The highest BCUT2D eigenvalue weighted by Gasteiger charge is 1.97. The van der Waals surface area contributed by atoms with E-state index in [4.69, 9.17) is 11.6 Å². The van der Waals surface area contributed by atoms with Gasteiger partial charge in [0.05, 0.1) is 0 Å². The molecule has 0 aliphatic carbocycles. The highest BCUT2D eigenvalue weighted by molar-refractivity contribution is 7.08. The van der Waals surface area contributed by atoms with Crippen LogP contribution in [0.2, 0.25) is 0 Å². The Morgan fingerprint density at radius 1 is 1.60 bits per heavy atom. The fourth-order valence-corrected chi connectivity index (χ4v) is 1.19. The van der Waals surface area contributed by atoms with Gasteiger partial charge in [-0.3, -0.25) is 4.79 Å². The Balaban J connectivity index is 0.000000371. The highest BCUT2D eigenvalue weighted by Crippen LogP contribution is 2.07. The lowest BCUT2D eigenvalue weighted by molar-refractivity contribution is 0.108. The fraction of sp³-hybridized carbons (Fsp3) is 0.286. The van der Waals surface area contributed by atoms with E-state index in [0.29, 0.717) is 5.56 Å². The lowest BCUT2D eigenvalue weighted by Gasteiger charge is -1.76. The second-order valence-corrected chi connectivity index (χ2v) is 2.41. The summed E-state index contributed by atoms with van der Waals surface area (Å²) in [5, 5.41) is 3.15. The molecule has 1 rings (SSSR count). The second kappa shape index (κ2) is 5.45. The van der Waals surface area contributed by atoms with Gasteiger partial charge in [0, 0.05) is 10.9 Å². The normalized spacial score (nSPS) is 7.90. The van der Waals surface area contributed by atoms with Crippen LogP contribution in [0.3, 0.4) is 0 Å². The SMILES string of the molecule is CC.O=C(Cl)c1ccsc1. The molecule has 1 heterocycles. The van der Waals surface area contributed by atoms with Gasteiger partial charge in [-0.2, -0.15) is 11.3 Å². The molecular weight excluding hydrogens is 168 g/mol. The van der Waals surface area contributed by atoms with E-state index in [1.54, 1.807) is 11.4 Å². The third-order valence-corrected chi connectivity index (χ3v) is 1.65. The van der Waals surface area contributed by atoms with Gasteiger partial charge in [-0.25, -0.2) is 0 Å². The third kappa shape index (κ3) is 2.99. The van der Waals surface area contributed by atoms with Crippen molar-refractivity contribution >= 4 is 28.2 Å². The molecule has 0 atom stereocenters. The molecule has 0 fully saturated rings. The first-order chi connectivity index (χ1) is 4.80. The smallest absolute Gasteiger partial charge is 0.253 e. The Kier molecular flexibility index (Phi) is 5.26. The lowest BCUT2D eigenvalue weighted by Crippen LogP contribution is -1.80. The van der Waals surface area contributed by atoms with Gasteiger partial charge in [0.15, 0.2) is 0 Å². The summed E-state index contributed by atoms with van der Waals surface area (Å²) in [5.74, 6) is 0. The molecule has 1 aromatic rings. The van der Waals surface area contributed by atoms with Gasteiger partial charge in [-0.05, 0) is 23.0 Å². The van der Waals surface area contributed by atoms with E-state index in [0.717, 1.165) is 0 Å². The van der Waals surface area contributed by atoms with Crippen LogP contribution in [0.25, 0.3) is 0 Å². The van der Waals surface area contributed by atoms with E-state index in [9.17, 15) is 4.79 Å². The standard InChI is InChI=1S/C5H3ClOS.C2H6/c6-5(7)4-1-2-8-3-4;1-2/h1-3H;1-2H3. The van der Waals surface area contributed by atoms with Gasteiger partial charge in [-0.15, -0.1) is 0 Å². The van der Waals surface area contributed by atoms with Crippen LogP contribution in [0.5, 0.6) is 0 Å². The van der Waals surface area contributed by atoms with E-state index < -0.39 is 0 Å². The molecule has 0 N–H and O–H groups in total. The number of halogens is 1. The average molecular weight is 177 g/mol. The largest absolute Gasteiger partial charge is 0.276 e. The van der Waals surface area contributed by atoms with Gasteiger partial charge in [-0.1, -0.05) is 13.8 Å². The first-order valence-corrected chi connectivity index (χ1v) is 4.35. The first-order valence-electron chi connectivity index (χ1n) is 3.03. The minimum Gasteiger partial charge on any atom is -0.276 e. The van der Waals surface area contributed by atoms with Gasteiger partial charge in [0.25, 0.3) is 5.24 Å². The molecule has 1 aromatic heterocycles. The number of hydrogen-bond donors (Lipinski definition) is 0. The molecule has 0 radical (unpaired) electrons. The number of thiophene rings is 1. The monoisotopic (exact) mass is 176 g/mol. The molecule has 0 aromatic carbocycles. The predicted molar refractivity (Wildman–Crippen MR) is 45.9 cm³/mol. The molecule has 10 heavy (non-hydrogen) atoms. The summed E-state index contributed by atoms with van der Waals surface area (Å²) < 4.78 is 0. The van der Waals surface area contributed by atoms with Crippen molar-refractivity contribution in [2.75, 3.05) is 0 Å². The number of rotatable bonds is 1. The van der Waals surface area contributed by atoms with Crippen LogP contribution >= 0.6 is 22.9 Å². The van der Waals surface area contributed by atoms with E-state index in [-0.39, 0.29) is 5.24 Å². The molecule has 0 aliphatic heterocycles. The van der Waals surface area contributed by atoms with Crippen LogP contribution in [-0.2, 0) is 0 Å². The summed E-state index contributed by atoms with van der Waals surface area (Å²) in [7, 11) is 0. The van der Waals surface area contributed by atoms with Crippen molar-refractivity contribution in [3.63, 3.8) is 0 Å². The Labute approximate surface area is 69.6 Å². The van der Waals surface area contributed by atoms with Gasteiger partial charge in [0.2, 0.25) is 0 Å². The minimum absolute atomic E-state index is 0.383. The van der Waals surface area contributed by atoms with Crippen LogP contribution in [0.15, 0.2) is 16.8 Å². The minimum atomic E-state index is -0.383. The van der Waals surface area contributed by atoms with E-state index in [2.05, 4.69) is 0 Å². The number of carbonyl (C=O) groups is 1. The maximum Gasteiger partial charge on any atom is 0.253 e. The molecular formula is C7H9ClOS. The Morgan fingerprint density at radius 3 is 2.40 bits per heavy atom. The summed E-state index contributed by atoms with van der Waals surface area (Å²) in [6, 6.07) is 1.69. The van der Waals surface area contributed by atoms with Crippen molar-refractivity contribution in [2.45, 2.75) is 13.8 Å². The van der Waals surface area contributed by atoms with Gasteiger partial charge < -0.3 is 0 Å². The van der Waals surface area contributed by atoms with E-state index >= 15 is 0 Å². The van der Waals surface area contributed by atoms with Gasteiger partial charge >= 0.3 is 0 Å². The maximum atomic E-state index is 10.3. The zero-order valence-electron chi connectivity index (χ0n) is 5.93. The van der Waals surface area contributed by atoms with Crippen molar-refractivity contribution < 1.29 is 4.79 Å². The van der Waals surface area contributed by atoms with Crippen LogP contribution in [0.1, 0.15) is 24.2 Å². The lowest BCUT2D eigenvalue weighted by atomic mass is 10.4. The number of hydrogen-bond acceptors (Lipinski definition) is 2. The van der Waals surface area contributed by atoms with E-state index in [1.165, 1.54) is 11.3 Å². The molecule has 0 aliphatic rings. The molecule has 0 saturated heterocycles. The molecule has 0 unspecified atom stereocenters. The van der Waals surface area contributed by atoms with Crippen LogP contribution in [-0.4, -0.2) is 5.24 Å². The average Bonchev–Trinajstić information content (AvgIpc) is 2.42. The second-order valence-electron chi connectivity index (χ2n) is 1.29. The van der Waals surface area contributed by atoms with Crippen molar-refractivity contribution in [3.8, 4) is 0 Å². The Morgan fingerprint density at radius 2 is 2.20 bits per heavy atom. The Hall–Kier alpha value is -0.340.